The van der Waals surface area contributed by atoms with Gasteiger partial charge in [0.05, 0.1) is 0 Å². The van der Waals surface area contributed by atoms with Gasteiger partial charge in [-0.1, -0.05) is 0 Å². The first-order valence-corrected chi connectivity index (χ1v) is 7.23. The summed E-state index contributed by atoms with van der Waals surface area (Å²) in [6.45, 7) is 0. The molecular formula is C8H14N8O8S. The molecule has 0 spiro atoms. The van der Waals surface area contributed by atoms with Crippen molar-refractivity contribution in [3.8, 4) is 0 Å². The maximum absolute atomic E-state index is 10.6. The molecule has 6 amide bonds. The molecule has 0 radical (unpaired) electrons. The van der Waals surface area contributed by atoms with Crippen LogP contribution < -0.4 is 32.7 Å². The molecule has 0 bridgehead atoms. The molecule has 17 heteroatoms. The first-order valence-electron chi connectivity index (χ1n) is 5.84. The van der Waals surface area contributed by atoms with Gasteiger partial charge in [-0.05, 0) is 0 Å². The Kier molecular flexibility index (Phi) is 7.70. The number of nitrogens with one attached hydrogen (secondary N) is 6. The van der Waals surface area contributed by atoms with Gasteiger partial charge in [-0.2, -0.15) is 8.42 Å². The van der Waals surface area contributed by atoms with E-state index in [-0.39, 0.29) is 11.7 Å². The second-order valence-electron chi connectivity index (χ2n) is 4.12. The summed E-state index contributed by atoms with van der Waals surface area (Å²) in [5.41, 5.74) is 10.3. The Morgan fingerprint density at radius 2 is 1.00 bits per heavy atom. The Bertz CT molecular complexity index is 624. The van der Waals surface area contributed by atoms with E-state index >= 15 is 0 Å². The smallest absolute Gasteiger partial charge is 0.314 e. The average Bonchev–Trinajstić information content (AvgIpc) is 2.40. The summed E-state index contributed by atoms with van der Waals surface area (Å²) >= 11 is 0. The third kappa shape index (κ3) is 9.02. The van der Waals surface area contributed by atoms with Gasteiger partial charge in [-0.25, -0.2) is 9.59 Å². The zero-order valence-corrected chi connectivity index (χ0v) is 12.9. The maximum atomic E-state index is 10.6. The summed E-state index contributed by atoms with van der Waals surface area (Å²) in [5.74, 6) is -1.83. The monoisotopic (exact) mass is 382 g/mol. The third-order valence-electron chi connectivity index (χ3n) is 2.16. The molecule has 2 saturated heterocycles. The fourth-order valence-corrected chi connectivity index (χ4v) is 1.10. The highest BCUT2D eigenvalue weighted by Gasteiger charge is 2.28. The van der Waals surface area contributed by atoms with Gasteiger partial charge in [0.2, 0.25) is 0 Å². The van der Waals surface area contributed by atoms with Crippen molar-refractivity contribution in [1.29, 1.82) is 10.8 Å². The van der Waals surface area contributed by atoms with Crippen molar-refractivity contribution in [2.45, 2.75) is 12.1 Å². The highest BCUT2D eigenvalue weighted by atomic mass is 32.3. The van der Waals surface area contributed by atoms with E-state index in [0.29, 0.717) is 0 Å². The van der Waals surface area contributed by atoms with Crippen LogP contribution in [0.5, 0.6) is 0 Å². The van der Waals surface area contributed by atoms with Gasteiger partial charge in [0.1, 0.15) is 23.8 Å². The topological polar surface area (TPSA) is 291 Å². The lowest BCUT2D eigenvalue weighted by Crippen LogP contribution is -2.61. The summed E-state index contributed by atoms with van der Waals surface area (Å²) < 4.78 is 31.6. The van der Waals surface area contributed by atoms with E-state index in [1.807, 2.05) is 21.3 Å². The predicted molar refractivity (Wildman–Crippen MR) is 78.9 cm³/mol. The van der Waals surface area contributed by atoms with Crippen molar-refractivity contribution >= 4 is 45.9 Å². The van der Waals surface area contributed by atoms with Crippen LogP contribution in [-0.2, 0) is 20.0 Å². The van der Waals surface area contributed by atoms with Gasteiger partial charge in [-0.15, -0.1) is 0 Å². The zero-order chi connectivity index (χ0) is 19.9. The fraction of sp³-hybridized carbons (Fsp3) is 0.250. The molecule has 2 unspecified atom stereocenters. The minimum atomic E-state index is -4.67. The number of hydrogen-bond acceptors (Lipinski definition) is 10. The minimum absolute atomic E-state index is 0.270. The lowest BCUT2D eigenvalue weighted by molar-refractivity contribution is -0.121. The Labute approximate surface area is 139 Å². The molecule has 2 aliphatic rings. The van der Waals surface area contributed by atoms with E-state index in [1.165, 1.54) is 0 Å². The highest BCUT2D eigenvalue weighted by molar-refractivity contribution is 7.79. The first kappa shape index (κ1) is 22.0. The number of hydrogen-bond donors (Lipinski definition) is 10. The molecule has 12 N–H and O–H groups in total. The predicted octanol–water partition coefficient (Wildman–Crippen LogP) is -4.39. The number of nitrogens with two attached hydrogens (primary N) is 2. The largest absolute Gasteiger partial charge is 0.394 e. The molecule has 0 aromatic heterocycles. The van der Waals surface area contributed by atoms with Crippen molar-refractivity contribution in [3.63, 3.8) is 0 Å². The molecule has 2 fully saturated rings. The average molecular weight is 382 g/mol. The van der Waals surface area contributed by atoms with Crippen molar-refractivity contribution in [2.75, 3.05) is 0 Å². The summed E-state index contributed by atoms with van der Waals surface area (Å²) in [6, 6.07) is -3.48. The van der Waals surface area contributed by atoms with Crippen LogP contribution in [0.25, 0.3) is 0 Å². The zero-order valence-electron chi connectivity index (χ0n) is 12.1. The van der Waals surface area contributed by atoms with E-state index < -0.39 is 46.4 Å². The molecule has 0 aromatic carbocycles. The van der Waals surface area contributed by atoms with Gasteiger partial charge in [-0.3, -0.25) is 50.8 Å². The Balaban J connectivity index is 0.000000368. The van der Waals surface area contributed by atoms with Crippen LogP contribution in [0.15, 0.2) is 0 Å². The van der Waals surface area contributed by atoms with Gasteiger partial charge in [0.15, 0.2) is 0 Å². The van der Waals surface area contributed by atoms with Crippen LogP contribution in [0.3, 0.4) is 0 Å². The number of carbonyl (C=O) groups is 4. The third-order valence-corrected chi connectivity index (χ3v) is 2.16. The van der Waals surface area contributed by atoms with Gasteiger partial charge in [0, 0.05) is 0 Å². The number of carbonyl (C=O) groups excluding carboxylic acids is 4. The van der Waals surface area contributed by atoms with Gasteiger partial charge < -0.3 is 11.5 Å². The summed E-state index contributed by atoms with van der Waals surface area (Å²) in [4.78, 5) is 41.9. The number of amides is 6. The number of urea groups is 2. The van der Waals surface area contributed by atoms with Crippen LogP contribution in [0.1, 0.15) is 0 Å². The van der Waals surface area contributed by atoms with Crippen molar-refractivity contribution in [3.05, 3.63) is 0 Å². The second-order valence-corrected chi connectivity index (χ2v) is 5.01. The Hall–Kier alpha value is -2.99. The van der Waals surface area contributed by atoms with E-state index in [9.17, 15) is 19.2 Å². The molecule has 0 saturated carbocycles. The van der Waals surface area contributed by atoms with Crippen LogP contribution in [0.4, 0.5) is 9.59 Å². The molecule has 2 heterocycles. The van der Waals surface area contributed by atoms with Crippen LogP contribution in [0, 0.1) is 10.8 Å². The fourth-order valence-electron chi connectivity index (χ4n) is 1.10. The van der Waals surface area contributed by atoms with Crippen LogP contribution >= 0.6 is 0 Å². The number of rotatable bonds is 0. The lowest BCUT2D eigenvalue weighted by atomic mass is 10.2. The summed E-state index contributed by atoms with van der Waals surface area (Å²) in [6.07, 6.45) is 0. The molecule has 2 atom stereocenters. The molecule has 2 rings (SSSR count). The van der Waals surface area contributed by atoms with Gasteiger partial charge in [0.25, 0.3) is 11.8 Å². The number of imide groups is 2. The maximum Gasteiger partial charge on any atom is 0.394 e. The first-order chi connectivity index (χ1) is 11.2. The highest BCUT2D eigenvalue weighted by Crippen LogP contribution is 1.87. The standard InChI is InChI=1S/2C4H6N4O2.H2O4S/c2*5-1-2(6)7-4(10)8-3(1)9;1-5(2,3)4/h2*1H,5H2,(H3,6,7,8,9,10);(H2,1,2,3,4). The van der Waals surface area contributed by atoms with Gasteiger partial charge >= 0.3 is 22.5 Å². The molecular weight excluding hydrogens is 368 g/mol. The molecule has 0 aliphatic carbocycles. The Morgan fingerprint density at radius 1 is 0.760 bits per heavy atom. The van der Waals surface area contributed by atoms with Crippen molar-refractivity contribution < 1.29 is 36.7 Å². The molecule has 0 aromatic rings. The molecule has 25 heavy (non-hydrogen) atoms. The number of amidine groups is 2. The molecule has 16 nitrogen and oxygen atoms in total. The summed E-state index contributed by atoms with van der Waals surface area (Å²) in [7, 11) is -4.67. The van der Waals surface area contributed by atoms with Crippen molar-refractivity contribution in [1.82, 2.24) is 21.3 Å². The van der Waals surface area contributed by atoms with Crippen LogP contribution in [-0.4, -0.2) is 65.2 Å². The minimum Gasteiger partial charge on any atom is -0.314 e. The molecule has 2 aliphatic heterocycles. The SMILES string of the molecule is N=C1NC(=O)NC(=O)C1N.N=C1NC(=O)NC(=O)C1N.O=S(=O)(O)O. The van der Waals surface area contributed by atoms with E-state index in [1.54, 1.807) is 0 Å². The van der Waals surface area contributed by atoms with E-state index in [2.05, 4.69) is 0 Å². The Morgan fingerprint density at radius 3 is 1.20 bits per heavy atom. The van der Waals surface area contributed by atoms with Crippen LogP contribution in [0.2, 0.25) is 0 Å². The normalized spacial score (nSPS) is 22.9. The van der Waals surface area contributed by atoms with E-state index in [4.69, 9.17) is 39.8 Å². The lowest BCUT2D eigenvalue weighted by Gasteiger charge is -2.18. The van der Waals surface area contributed by atoms with Crippen molar-refractivity contribution in [2.24, 2.45) is 11.5 Å². The summed E-state index contributed by atoms with van der Waals surface area (Å²) in [5, 5.41) is 21.8. The molecule has 140 valence electrons. The quantitative estimate of drug-likeness (QED) is 0.179. The second kappa shape index (κ2) is 8.75. The van der Waals surface area contributed by atoms with E-state index in [0.717, 1.165) is 0 Å².